The highest BCUT2D eigenvalue weighted by Crippen LogP contribution is 2.34. The molecule has 0 aromatic carbocycles. The summed E-state index contributed by atoms with van der Waals surface area (Å²) in [7, 11) is 0. The van der Waals surface area contributed by atoms with Gasteiger partial charge >= 0.3 is 0 Å². The topological polar surface area (TPSA) is 20.2 Å². The maximum Gasteiger partial charge on any atom is 0.0594 e. The first kappa shape index (κ1) is 9.05. The largest absolute Gasteiger partial charge is 0.393 e. The minimum absolute atomic E-state index is 0.0313. The van der Waals surface area contributed by atoms with Crippen LogP contribution in [0.25, 0.3) is 0 Å². The number of aliphatic hydroxyl groups is 1. The molecule has 1 heteroatoms. The van der Waals surface area contributed by atoms with E-state index in [2.05, 4.69) is 20.8 Å². The van der Waals surface area contributed by atoms with E-state index in [1.807, 2.05) is 0 Å². The second-order valence-corrected chi connectivity index (χ2v) is 4.21. The zero-order valence-electron chi connectivity index (χ0n) is 7.88. The molecule has 2 unspecified atom stereocenters. The Labute approximate surface area is 69.8 Å². The summed E-state index contributed by atoms with van der Waals surface area (Å²) < 4.78 is 0. The van der Waals surface area contributed by atoms with Crippen LogP contribution in [-0.2, 0) is 0 Å². The van der Waals surface area contributed by atoms with Gasteiger partial charge in [-0.25, -0.2) is 0 Å². The van der Waals surface area contributed by atoms with Gasteiger partial charge in [0.05, 0.1) is 6.10 Å². The molecule has 0 radical (unpaired) electrons. The maximum absolute atomic E-state index is 9.76. The minimum Gasteiger partial charge on any atom is -0.393 e. The third-order valence-corrected chi connectivity index (χ3v) is 3.07. The number of rotatable bonds is 1. The molecule has 66 valence electrons. The average molecular weight is 156 g/mol. The van der Waals surface area contributed by atoms with Gasteiger partial charge in [0.25, 0.3) is 0 Å². The molecule has 1 aliphatic carbocycles. The van der Waals surface area contributed by atoms with E-state index >= 15 is 0 Å². The van der Waals surface area contributed by atoms with Crippen molar-refractivity contribution >= 4 is 0 Å². The van der Waals surface area contributed by atoms with Gasteiger partial charge in [-0.2, -0.15) is 0 Å². The van der Waals surface area contributed by atoms with Crippen LogP contribution >= 0.6 is 0 Å². The fourth-order valence-corrected chi connectivity index (χ4v) is 2.40. The fourth-order valence-electron chi connectivity index (χ4n) is 2.40. The molecule has 0 spiro atoms. The van der Waals surface area contributed by atoms with Gasteiger partial charge in [-0.1, -0.05) is 27.2 Å². The van der Waals surface area contributed by atoms with Gasteiger partial charge < -0.3 is 5.11 Å². The van der Waals surface area contributed by atoms with Crippen molar-refractivity contribution in [1.29, 1.82) is 0 Å². The van der Waals surface area contributed by atoms with Gasteiger partial charge in [-0.3, -0.25) is 0 Å². The first-order chi connectivity index (χ1) is 5.15. The molecule has 4 atom stereocenters. The highest BCUT2D eigenvalue weighted by molar-refractivity contribution is 4.81. The first-order valence-electron chi connectivity index (χ1n) is 4.83. The van der Waals surface area contributed by atoms with Crippen molar-refractivity contribution < 1.29 is 5.11 Å². The summed E-state index contributed by atoms with van der Waals surface area (Å²) in [4.78, 5) is 0. The van der Waals surface area contributed by atoms with E-state index in [1.54, 1.807) is 0 Å². The Morgan fingerprint density at radius 3 is 2.45 bits per heavy atom. The monoisotopic (exact) mass is 156 g/mol. The Bertz CT molecular complexity index is 122. The SMILES string of the molecule is CCC1CC(C)C[C@@H](C)[C@@H]1O. The summed E-state index contributed by atoms with van der Waals surface area (Å²) in [5.41, 5.74) is 0. The van der Waals surface area contributed by atoms with Crippen LogP contribution in [0.3, 0.4) is 0 Å². The predicted octanol–water partition coefficient (Wildman–Crippen LogP) is 2.44. The molecule has 0 heterocycles. The molecular weight excluding hydrogens is 136 g/mol. The van der Waals surface area contributed by atoms with Gasteiger partial charge in [0.15, 0.2) is 0 Å². The van der Waals surface area contributed by atoms with Crippen molar-refractivity contribution in [3.63, 3.8) is 0 Å². The molecule has 0 amide bonds. The molecule has 1 N–H and O–H groups in total. The first-order valence-corrected chi connectivity index (χ1v) is 4.83. The van der Waals surface area contributed by atoms with Crippen molar-refractivity contribution in [3.8, 4) is 0 Å². The molecule has 11 heavy (non-hydrogen) atoms. The summed E-state index contributed by atoms with van der Waals surface area (Å²) in [6.07, 6.45) is 3.53. The lowest BCUT2D eigenvalue weighted by molar-refractivity contribution is 0.00552. The zero-order chi connectivity index (χ0) is 8.43. The van der Waals surface area contributed by atoms with Crippen molar-refractivity contribution in [3.05, 3.63) is 0 Å². The Morgan fingerprint density at radius 2 is 1.91 bits per heavy atom. The zero-order valence-corrected chi connectivity index (χ0v) is 7.88. The van der Waals surface area contributed by atoms with Crippen LogP contribution < -0.4 is 0 Å². The van der Waals surface area contributed by atoms with E-state index in [9.17, 15) is 5.11 Å². The lowest BCUT2D eigenvalue weighted by atomic mass is 9.73. The quantitative estimate of drug-likeness (QED) is 0.618. The van der Waals surface area contributed by atoms with E-state index in [-0.39, 0.29) is 6.10 Å². The lowest BCUT2D eigenvalue weighted by Crippen LogP contribution is -2.34. The highest BCUT2D eigenvalue weighted by atomic mass is 16.3. The number of hydrogen-bond acceptors (Lipinski definition) is 1. The van der Waals surface area contributed by atoms with Crippen molar-refractivity contribution in [2.24, 2.45) is 17.8 Å². The van der Waals surface area contributed by atoms with Crippen LogP contribution in [-0.4, -0.2) is 11.2 Å². The van der Waals surface area contributed by atoms with Gasteiger partial charge in [-0.05, 0) is 30.6 Å². The molecule has 1 rings (SSSR count). The molecule has 0 bridgehead atoms. The molecule has 1 aliphatic rings. The number of aliphatic hydroxyl groups excluding tert-OH is 1. The molecule has 0 aromatic heterocycles. The van der Waals surface area contributed by atoms with Crippen LogP contribution in [0.2, 0.25) is 0 Å². The molecular formula is C10H20O. The highest BCUT2D eigenvalue weighted by Gasteiger charge is 2.30. The van der Waals surface area contributed by atoms with E-state index in [1.165, 1.54) is 12.8 Å². The van der Waals surface area contributed by atoms with Gasteiger partial charge in [-0.15, -0.1) is 0 Å². The van der Waals surface area contributed by atoms with Crippen molar-refractivity contribution in [2.75, 3.05) is 0 Å². The van der Waals surface area contributed by atoms with Crippen LogP contribution in [0.1, 0.15) is 40.0 Å². The maximum atomic E-state index is 9.76. The minimum atomic E-state index is -0.0313. The Morgan fingerprint density at radius 1 is 1.27 bits per heavy atom. The van der Waals surface area contributed by atoms with Crippen LogP contribution in [0.15, 0.2) is 0 Å². The fraction of sp³-hybridized carbons (Fsp3) is 1.00. The van der Waals surface area contributed by atoms with E-state index in [0.717, 1.165) is 12.3 Å². The molecule has 0 aliphatic heterocycles. The summed E-state index contributed by atoms with van der Waals surface area (Å²) in [6, 6.07) is 0. The summed E-state index contributed by atoms with van der Waals surface area (Å²) in [6.45, 7) is 6.65. The van der Waals surface area contributed by atoms with E-state index in [4.69, 9.17) is 0 Å². The smallest absolute Gasteiger partial charge is 0.0594 e. The summed E-state index contributed by atoms with van der Waals surface area (Å²) in [5.74, 6) is 1.90. The molecule has 1 fully saturated rings. The third-order valence-electron chi connectivity index (χ3n) is 3.07. The molecule has 0 aromatic rings. The standard InChI is InChI=1S/C10H20O/c1-4-9-6-7(2)5-8(3)10(9)11/h7-11H,4-6H2,1-3H3/t7?,8-,9?,10+/m1/s1. The second kappa shape index (κ2) is 3.57. The van der Waals surface area contributed by atoms with Crippen molar-refractivity contribution in [2.45, 2.75) is 46.1 Å². The molecule has 1 nitrogen and oxygen atoms in total. The lowest BCUT2D eigenvalue weighted by Gasteiger charge is -2.35. The van der Waals surface area contributed by atoms with Crippen molar-refractivity contribution in [1.82, 2.24) is 0 Å². The van der Waals surface area contributed by atoms with Gasteiger partial charge in [0, 0.05) is 0 Å². The summed E-state index contributed by atoms with van der Waals surface area (Å²) >= 11 is 0. The Balaban J connectivity index is 2.51. The van der Waals surface area contributed by atoms with Gasteiger partial charge in [0.1, 0.15) is 0 Å². The third kappa shape index (κ3) is 1.96. The van der Waals surface area contributed by atoms with Crippen LogP contribution in [0.4, 0.5) is 0 Å². The summed E-state index contributed by atoms with van der Waals surface area (Å²) in [5, 5.41) is 9.76. The number of hydrogen-bond donors (Lipinski definition) is 1. The predicted molar refractivity (Wildman–Crippen MR) is 47.3 cm³/mol. The van der Waals surface area contributed by atoms with Crippen LogP contribution in [0, 0.1) is 17.8 Å². The van der Waals surface area contributed by atoms with E-state index in [0.29, 0.717) is 11.8 Å². The van der Waals surface area contributed by atoms with Crippen LogP contribution in [0.5, 0.6) is 0 Å². The molecule has 1 saturated carbocycles. The Kier molecular flexibility index (Phi) is 2.94. The normalized spacial score (nSPS) is 45.8. The second-order valence-electron chi connectivity index (χ2n) is 4.21. The average Bonchev–Trinajstić information content (AvgIpc) is 1.96. The van der Waals surface area contributed by atoms with E-state index < -0.39 is 0 Å². The Hall–Kier alpha value is -0.0400. The molecule has 0 saturated heterocycles. The van der Waals surface area contributed by atoms with Gasteiger partial charge in [0.2, 0.25) is 0 Å².